The van der Waals surface area contributed by atoms with E-state index in [0.717, 1.165) is 6.42 Å². The van der Waals surface area contributed by atoms with E-state index in [1.54, 1.807) is 0 Å². The zero-order chi connectivity index (χ0) is 10.5. The molecule has 3 nitrogen and oxygen atoms in total. The molecule has 0 aromatic carbocycles. The van der Waals surface area contributed by atoms with E-state index in [1.165, 1.54) is 7.11 Å². The summed E-state index contributed by atoms with van der Waals surface area (Å²) in [4.78, 5) is 11.1. The molecule has 13 heavy (non-hydrogen) atoms. The second-order valence-electron chi connectivity index (χ2n) is 4.37. The Morgan fingerprint density at radius 3 is 2.38 bits per heavy atom. The molecule has 0 aliphatic heterocycles. The Kier molecular flexibility index (Phi) is 4.99. The van der Waals surface area contributed by atoms with Crippen LogP contribution in [0.15, 0.2) is 0 Å². The first kappa shape index (κ1) is 12.4. The fourth-order valence-corrected chi connectivity index (χ4v) is 1.63. The van der Waals surface area contributed by atoms with Gasteiger partial charge in [0.25, 0.3) is 0 Å². The van der Waals surface area contributed by atoms with Crippen molar-refractivity contribution >= 4 is 5.97 Å². The lowest BCUT2D eigenvalue weighted by molar-refractivity contribution is -0.143. The summed E-state index contributed by atoms with van der Waals surface area (Å²) in [6, 6.07) is 0. The van der Waals surface area contributed by atoms with Crippen molar-refractivity contribution in [3.63, 3.8) is 0 Å². The van der Waals surface area contributed by atoms with Crippen LogP contribution in [0.4, 0.5) is 0 Å². The van der Waals surface area contributed by atoms with E-state index in [2.05, 4.69) is 18.6 Å². The maximum Gasteiger partial charge on any atom is 0.306 e. The highest BCUT2D eigenvalue weighted by molar-refractivity contribution is 5.70. The maximum absolute atomic E-state index is 11.1. The Balaban J connectivity index is 4.18. The molecule has 0 saturated carbocycles. The normalized spacial score (nSPS) is 15.5. The van der Waals surface area contributed by atoms with Crippen molar-refractivity contribution < 1.29 is 9.53 Å². The van der Waals surface area contributed by atoms with Crippen LogP contribution in [0.3, 0.4) is 0 Å². The van der Waals surface area contributed by atoms with Crippen molar-refractivity contribution in [2.24, 2.45) is 17.1 Å². The van der Waals surface area contributed by atoms with Gasteiger partial charge in [-0.1, -0.05) is 20.8 Å². The monoisotopic (exact) mass is 187 g/mol. The van der Waals surface area contributed by atoms with Gasteiger partial charge in [0, 0.05) is 0 Å². The van der Waals surface area contributed by atoms with Crippen LogP contribution in [0.25, 0.3) is 0 Å². The van der Waals surface area contributed by atoms with Crippen LogP contribution >= 0.6 is 0 Å². The zero-order valence-electron chi connectivity index (χ0n) is 9.09. The SMILES string of the molecule is COC(=O)CC(C)(CN)CC(C)C. The van der Waals surface area contributed by atoms with Gasteiger partial charge in [0.1, 0.15) is 0 Å². The van der Waals surface area contributed by atoms with Crippen molar-refractivity contribution in [1.29, 1.82) is 0 Å². The molecule has 0 aromatic heterocycles. The molecule has 0 spiro atoms. The van der Waals surface area contributed by atoms with Crippen LogP contribution in [0.2, 0.25) is 0 Å². The first-order valence-electron chi connectivity index (χ1n) is 4.70. The molecule has 0 fully saturated rings. The second-order valence-corrected chi connectivity index (χ2v) is 4.37. The molecular weight excluding hydrogens is 166 g/mol. The lowest BCUT2D eigenvalue weighted by Crippen LogP contribution is -2.31. The molecule has 0 rings (SSSR count). The summed E-state index contributed by atoms with van der Waals surface area (Å²) < 4.78 is 4.63. The zero-order valence-corrected chi connectivity index (χ0v) is 9.09. The molecule has 0 aliphatic rings. The van der Waals surface area contributed by atoms with Gasteiger partial charge in [-0.25, -0.2) is 0 Å². The fraction of sp³-hybridized carbons (Fsp3) is 0.900. The highest BCUT2D eigenvalue weighted by Crippen LogP contribution is 2.28. The quantitative estimate of drug-likeness (QED) is 0.664. The van der Waals surface area contributed by atoms with E-state index in [4.69, 9.17) is 5.73 Å². The predicted molar refractivity (Wildman–Crippen MR) is 53.2 cm³/mol. The van der Waals surface area contributed by atoms with Gasteiger partial charge in [-0.2, -0.15) is 0 Å². The minimum absolute atomic E-state index is 0.110. The molecule has 0 aliphatic carbocycles. The number of carbonyl (C=O) groups is 1. The molecule has 1 atom stereocenters. The van der Waals surface area contributed by atoms with Crippen LogP contribution in [-0.2, 0) is 9.53 Å². The average molecular weight is 187 g/mol. The Hall–Kier alpha value is -0.570. The van der Waals surface area contributed by atoms with E-state index in [0.29, 0.717) is 18.9 Å². The largest absolute Gasteiger partial charge is 0.469 e. The number of esters is 1. The van der Waals surface area contributed by atoms with Crippen LogP contribution < -0.4 is 5.73 Å². The molecule has 0 radical (unpaired) electrons. The number of hydrogen-bond donors (Lipinski definition) is 1. The van der Waals surface area contributed by atoms with Crippen molar-refractivity contribution in [3.8, 4) is 0 Å². The van der Waals surface area contributed by atoms with E-state index < -0.39 is 0 Å². The van der Waals surface area contributed by atoms with Crippen LogP contribution in [0.1, 0.15) is 33.6 Å². The van der Waals surface area contributed by atoms with Crippen LogP contribution in [0, 0.1) is 11.3 Å². The smallest absolute Gasteiger partial charge is 0.306 e. The summed E-state index contributed by atoms with van der Waals surface area (Å²) >= 11 is 0. The topological polar surface area (TPSA) is 52.3 Å². The molecule has 2 N–H and O–H groups in total. The molecular formula is C10H21NO2. The van der Waals surface area contributed by atoms with Gasteiger partial charge < -0.3 is 10.5 Å². The molecule has 0 amide bonds. The molecule has 0 heterocycles. The van der Waals surface area contributed by atoms with Crippen molar-refractivity contribution in [3.05, 3.63) is 0 Å². The lowest BCUT2D eigenvalue weighted by atomic mass is 9.79. The average Bonchev–Trinajstić information content (AvgIpc) is 2.02. The van der Waals surface area contributed by atoms with Gasteiger partial charge in [-0.15, -0.1) is 0 Å². The predicted octanol–water partition coefficient (Wildman–Crippen LogP) is 1.56. The highest BCUT2D eigenvalue weighted by Gasteiger charge is 2.27. The van der Waals surface area contributed by atoms with Crippen LogP contribution in [0.5, 0.6) is 0 Å². The minimum Gasteiger partial charge on any atom is -0.469 e. The van der Waals surface area contributed by atoms with E-state index >= 15 is 0 Å². The molecule has 78 valence electrons. The van der Waals surface area contributed by atoms with Crippen LogP contribution in [-0.4, -0.2) is 19.6 Å². The summed E-state index contributed by atoms with van der Waals surface area (Å²) in [5.41, 5.74) is 5.54. The first-order valence-corrected chi connectivity index (χ1v) is 4.70. The Bertz CT molecular complexity index is 168. The number of carbonyl (C=O) groups excluding carboxylic acids is 1. The number of hydrogen-bond acceptors (Lipinski definition) is 3. The summed E-state index contributed by atoms with van der Waals surface area (Å²) in [6.07, 6.45) is 1.37. The summed E-state index contributed by atoms with van der Waals surface area (Å²) in [7, 11) is 1.41. The maximum atomic E-state index is 11.1. The minimum atomic E-state index is -0.173. The van der Waals surface area contributed by atoms with E-state index in [9.17, 15) is 4.79 Å². The molecule has 0 aromatic rings. The van der Waals surface area contributed by atoms with Crippen molar-refractivity contribution in [1.82, 2.24) is 0 Å². The Morgan fingerprint density at radius 2 is 2.08 bits per heavy atom. The summed E-state index contributed by atoms with van der Waals surface area (Å²) in [5, 5.41) is 0. The number of methoxy groups -OCH3 is 1. The first-order chi connectivity index (χ1) is 5.93. The number of nitrogens with two attached hydrogens (primary N) is 1. The lowest BCUT2D eigenvalue weighted by Gasteiger charge is -2.28. The van der Waals surface area contributed by atoms with Gasteiger partial charge in [0.2, 0.25) is 0 Å². The van der Waals surface area contributed by atoms with Gasteiger partial charge in [-0.05, 0) is 24.3 Å². The fourth-order valence-electron chi connectivity index (χ4n) is 1.63. The summed E-state index contributed by atoms with van der Waals surface area (Å²) in [6.45, 7) is 6.82. The Morgan fingerprint density at radius 1 is 1.54 bits per heavy atom. The summed E-state index contributed by atoms with van der Waals surface area (Å²) in [5.74, 6) is 0.381. The highest BCUT2D eigenvalue weighted by atomic mass is 16.5. The van der Waals surface area contributed by atoms with Gasteiger partial charge >= 0.3 is 5.97 Å². The second kappa shape index (κ2) is 5.22. The molecule has 0 saturated heterocycles. The van der Waals surface area contributed by atoms with Crippen molar-refractivity contribution in [2.75, 3.05) is 13.7 Å². The van der Waals surface area contributed by atoms with Gasteiger partial charge in [0.15, 0.2) is 0 Å². The number of rotatable bonds is 5. The van der Waals surface area contributed by atoms with Crippen molar-refractivity contribution in [2.45, 2.75) is 33.6 Å². The van der Waals surface area contributed by atoms with E-state index in [1.807, 2.05) is 6.92 Å². The van der Waals surface area contributed by atoms with Gasteiger partial charge in [0.05, 0.1) is 13.5 Å². The van der Waals surface area contributed by atoms with E-state index in [-0.39, 0.29) is 11.4 Å². The third kappa shape index (κ3) is 4.88. The Labute approximate surface area is 80.6 Å². The standard InChI is InChI=1S/C10H21NO2/c1-8(2)5-10(3,7-11)6-9(12)13-4/h8H,5-7,11H2,1-4H3. The number of ether oxygens (including phenoxy) is 1. The third-order valence-corrected chi connectivity index (χ3v) is 2.19. The van der Waals surface area contributed by atoms with Gasteiger partial charge in [-0.3, -0.25) is 4.79 Å². The molecule has 3 heteroatoms. The third-order valence-electron chi connectivity index (χ3n) is 2.19. The molecule has 1 unspecified atom stereocenters. The molecule has 0 bridgehead atoms.